The molecule has 0 aliphatic heterocycles. The summed E-state index contributed by atoms with van der Waals surface area (Å²) < 4.78 is 0. The summed E-state index contributed by atoms with van der Waals surface area (Å²) in [6.07, 6.45) is 2.63. The van der Waals surface area contributed by atoms with Crippen LogP contribution in [0, 0.1) is 20.8 Å². The van der Waals surface area contributed by atoms with E-state index in [4.69, 9.17) is 0 Å². The zero-order valence-electron chi connectivity index (χ0n) is 16.7. The number of nitrogens with zero attached hydrogens (tertiary/aromatic N) is 2. The Hall–Kier alpha value is -3.72. The van der Waals surface area contributed by atoms with E-state index >= 15 is 0 Å². The van der Waals surface area contributed by atoms with Crippen LogP contribution in [0.1, 0.15) is 26.4 Å². The summed E-state index contributed by atoms with van der Waals surface area (Å²) in [7, 11) is 0. The lowest BCUT2D eigenvalue weighted by Crippen LogP contribution is -2.12. The molecule has 3 rings (SSSR count). The first kappa shape index (κ1) is 21.0. The van der Waals surface area contributed by atoms with Gasteiger partial charge in [0.1, 0.15) is 22.3 Å². The molecule has 2 heterocycles. The number of anilines is 4. The van der Waals surface area contributed by atoms with Gasteiger partial charge in [-0.1, -0.05) is 30.0 Å². The van der Waals surface area contributed by atoms with Gasteiger partial charge in [0.15, 0.2) is 5.13 Å². The van der Waals surface area contributed by atoms with Gasteiger partial charge < -0.3 is 21.1 Å². The van der Waals surface area contributed by atoms with Crippen molar-refractivity contribution < 1.29 is 14.7 Å². The first-order chi connectivity index (χ1) is 14.3. The minimum Gasteiger partial charge on any atom is -0.508 e. The van der Waals surface area contributed by atoms with E-state index in [1.807, 2.05) is 19.9 Å². The molecule has 9 heteroatoms. The van der Waals surface area contributed by atoms with Crippen molar-refractivity contribution in [2.75, 3.05) is 16.0 Å². The predicted octanol–water partition coefficient (Wildman–Crippen LogP) is 4.29. The predicted molar refractivity (Wildman–Crippen MR) is 119 cm³/mol. The number of aromatic nitrogens is 2. The molecule has 8 nitrogen and oxygen atoms in total. The van der Waals surface area contributed by atoms with Crippen LogP contribution in [0.15, 0.2) is 43.1 Å². The fraction of sp³-hybridized carbons (Fsp3) is 0.143. The molecule has 0 aliphatic carbocycles. The van der Waals surface area contributed by atoms with Gasteiger partial charge in [-0.05, 0) is 50.1 Å². The second-order valence-corrected chi connectivity index (χ2v) is 7.60. The largest absolute Gasteiger partial charge is 0.508 e. The van der Waals surface area contributed by atoms with Crippen molar-refractivity contribution in [1.29, 1.82) is 0 Å². The number of hydrogen-bond donors (Lipinski definition) is 4. The molecule has 154 valence electrons. The summed E-state index contributed by atoms with van der Waals surface area (Å²) >= 11 is 1.16. The SMILES string of the molecule is C=CC(=O)Nc1ccc(C)c(Nc2ncc(C(=O)Nc3c(C)ccc(O)c3C)s2)n1. The Morgan fingerprint density at radius 3 is 2.57 bits per heavy atom. The Morgan fingerprint density at radius 1 is 1.10 bits per heavy atom. The molecule has 0 bridgehead atoms. The monoisotopic (exact) mass is 423 g/mol. The highest BCUT2D eigenvalue weighted by Crippen LogP contribution is 2.30. The minimum atomic E-state index is -0.358. The van der Waals surface area contributed by atoms with Gasteiger partial charge in [-0.2, -0.15) is 0 Å². The number of rotatable bonds is 6. The molecule has 0 fully saturated rings. The lowest BCUT2D eigenvalue weighted by atomic mass is 10.1. The Kier molecular flexibility index (Phi) is 6.12. The van der Waals surface area contributed by atoms with Gasteiger partial charge in [0.25, 0.3) is 5.91 Å². The summed E-state index contributed by atoms with van der Waals surface area (Å²) in [5, 5.41) is 18.9. The van der Waals surface area contributed by atoms with E-state index in [1.54, 1.807) is 25.1 Å². The number of benzene rings is 1. The molecule has 0 radical (unpaired) electrons. The van der Waals surface area contributed by atoms with Crippen LogP contribution >= 0.6 is 11.3 Å². The molecule has 0 saturated heterocycles. The summed E-state index contributed by atoms with van der Waals surface area (Å²) in [6, 6.07) is 6.82. The number of hydrogen-bond acceptors (Lipinski definition) is 7. The number of carbonyl (C=O) groups is 2. The average Bonchev–Trinajstić information content (AvgIpc) is 3.19. The van der Waals surface area contributed by atoms with Gasteiger partial charge in [0.05, 0.1) is 11.9 Å². The molecule has 4 N–H and O–H groups in total. The van der Waals surface area contributed by atoms with E-state index < -0.39 is 0 Å². The van der Waals surface area contributed by atoms with Crippen LogP contribution in [0.4, 0.5) is 22.5 Å². The first-order valence-electron chi connectivity index (χ1n) is 9.03. The Balaban J connectivity index is 1.76. The lowest BCUT2D eigenvalue weighted by molar-refractivity contribution is -0.111. The van der Waals surface area contributed by atoms with Crippen molar-refractivity contribution in [1.82, 2.24) is 9.97 Å². The molecule has 0 aliphatic rings. The molecular formula is C21H21N5O3S. The zero-order chi connectivity index (χ0) is 21.8. The number of phenolic OH excluding ortho intramolecular Hbond substituents is 1. The fourth-order valence-electron chi connectivity index (χ4n) is 2.64. The number of thiazole rings is 1. The lowest BCUT2D eigenvalue weighted by Gasteiger charge is -2.12. The number of amides is 2. The topological polar surface area (TPSA) is 116 Å². The third kappa shape index (κ3) is 4.64. The van der Waals surface area contributed by atoms with E-state index in [1.165, 1.54) is 6.20 Å². The number of carbonyl (C=O) groups excluding carboxylic acids is 2. The van der Waals surface area contributed by atoms with E-state index in [9.17, 15) is 14.7 Å². The molecule has 1 aromatic carbocycles. The first-order valence-corrected chi connectivity index (χ1v) is 9.84. The molecule has 2 amide bonds. The van der Waals surface area contributed by atoms with E-state index in [-0.39, 0.29) is 17.6 Å². The van der Waals surface area contributed by atoms with E-state index in [0.29, 0.717) is 32.9 Å². The maximum Gasteiger partial charge on any atom is 0.267 e. The Bertz CT molecular complexity index is 1140. The van der Waals surface area contributed by atoms with Crippen molar-refractivity contribution in [2.24, 2.45) is 0 Å². The fourth-order valence-corrected chi connectivity index (χ4v) is 3.35. The molecule has 0 atom stereocenters. The van der Waals surface area contributed by atoms with Crippen LogP contribution in [0.2, 0.25) is 0 Å². The number of aromatic hydroxyl groups is 1. The molecule has 0 spiro atoms. The summed E-state index contributed by atoms with van der Waals surface area (Å²) in [5.41, 5.74) is 2.87. The highest BCUT2D eigenvalue weighted by molar-refractivity contribution is 7.17. The Morgan fingerprint density at radius 2 is 1.83 bits per heavy atom. The van der Waals surface area contributed by atoms with Gasteiger partial charge in [0.2, 0.25) is 5.91 Å². The van der Waals surface area contributed by atoms with Gasteiger partial charge in [-0.15, -0.1) is 0 Å². The summed E-state index contributed by atoms with van der Waals surface area (Å²) in [4.78, 5) is 33.1. The van der Waals surface area contributed by atoms with Crippen LogP contribution in [-0.4, -0.2) is 26.9 Å². The van der Waals surface area contributed by atoms with Crippen LogP contribution in [0.25, 0.3) is 0 Å². The number of pyridine rings is 1. The van der Waals surface area contributed by atoms with Crippen LogP contribution < -0.4 is 16.0 Å². The third-order valence-electron chi connectivity index (χ3n) is 4.37. The van der Waals surface area contributed by atoms with Crippen molar-refractivity contribution >= 4 is 45.6 Å². The highest BCUT2D eigenvalue weighted by Gasteiger charge is 2.15. The number of aryl methyl sites for hydroxylation is 2. The molecule has 30 heavy (non-hydrogen) atoms. The van der Waals surface area contributed by atoms with E-state index in [0.717, 1.165) is 28.5 Å². The maximum absolute atomic E-state index is 12.6. The van der Waals surface area contributed by atoms with Crippen molar-refractivity contribution in [3.63, 3.8) is 0 Å². The molecular weight excluding hydrogens is 402 g/mol. The zero-order valence-corrected chi connectivity index (χ0v) is 17.6. The van der Waals surface area contributed by atoms with Crippen LogP contribution in [-0.2, 0) is 4.79 Å². The highest BCUT2D eigenvalue weighted by atomic mass is 32.1. The molecule has 2 aromatic heterocycles. The maximum atomic E-state index is 12.6. The quantitative estimate of drug-likeness (QED) is 0.440. The van der Waals surface area contributed by atoms with E-state index in [2.05, 4.69) is 32.5 Å². The minimum absolute atomic E-state index is 0.118. The average molecular weight is 423 g/mol. The second-order valence-electron chi connectivity index (χ2n) is 6.57. The molecule has 0 unspecified atom stereocenters. The van der Waals surface area contributed by atoms with Gasteiger partial charge >= 0.3 is 0 Å². The third-order valence-corrected chi connectivity index (χ3v) is 5.28. The number of phenols is 1. The molecule has 0 saturated carbocycles. The normalized spacial score (nSPS) is 10.4. The smallest absolute Gasteiger partial charge is 0.267 e. The van der Waals surface area contributed by atoms with Crippen molar-refractivity contribution in [3.8, 4) is 5.75 Å². The summed E-state index contributed by atoms with van der Waals surface area (Å²) in [5.74, 6) is 0.319. The van der Waals surface area contributed by atoms with Crippen molar-refractivity contribution in [2.45, 2.75) is 20.8 Å². The summed E-state index contributed by atoms with van der Waals surface area (Å²) in [6.45, 7) is 8.87. The molecule has 3 aromatic rings. The van der Waals surface area contributed by atoms with Crippen molar-refractivity contribution in [3.05, 3.63) is 64.7 Å². The second kappa shape index (κ2) is 8.75. The standard InChI is InChI=1S/C21H21N5O3S/c1-5-17(28)23-16-9-7-12(3)19(24-16)26-21-22-10-15(30-21)20(29)25-18-11(2)6-8-14(27)13(18)4/h5-10,27H,1H2,2-4H3,(H,25,29)(H2,22,23,24,26,28). The Labute approximate surface area is 177 Å². The van der Waals surface area contributed by atoms with Crippen LogP contribution in [0.5, 0.6) is 5.75 Å². The van der Waals surface area contributed by atoms with Crippen LogP contribution in [0.3, 0.4) is 0 Å². The van der Waals surface area contributed by atoms with Gasteiger partial charge in [-0.3, -0.25) is 9.59 Å². The van der Waals surface area contributed by atoms with Gasteiger partial charge in [0, 0.05) is 5.56 Å². The van der Waals surface area contributed by atoms with Gasteiger partial charge in [-0.25, -0.2) is 9.97 Å². The number of nitrogens with one attached hydrogen (secondary N) is 3.